The Kier molecular flexibility index (Phi) is 4.80. The zero-order valence-electron chi connectivity index (χ0n) is 10.4. The molecule has 0 aliphatic carbocycles. The summed E-state index contributed by atoms with van der Waals surface area (Å²) in [6.45, 7) is -0.0501. The summed E-state index contributed by atoms with van der Waals surface area (Å²) in [6.07, 6.45) is 0.563. The number of aliphatic hydroxyl groups excluding tert-OH is 1. The fourth-order valence-corrected chi connectivity index (χ4v) is 1.96. The molecule has 2 rings (SSSR count). The Labute approximate surface area is 117 Å². The second kappa shape index (κ2) is 6.57. The van der Waals surface area contributed by atoms with Crippen LogP contribution in [-0.2, 0) is 6.42 Å². The Morgan fingerprint density at radius 1 is 1.16 bits per heavy atom. The van der Waals surface area contributed by atoms with Gasteiger partial charge in [0.15, 0.2) is 0 Å². The summed E-state index contributed by atoms with van der Waals surface area (Å²) < 4.78 is 5.81. The maximum Gasteiger partial charge on any atom is 0.130 e. The molecule has 0 amide bonds. The van der Waals surface area contributed by atoms with Gasteiger partial charge in [-0.1, -0.05) is 35.9 Å². The summed E-state index contributed by atoms with van der Waals surface area (Å²) in [6, 6.07) is 14.6. The van der Waals surface area contributed by atoms with Crippen LogP contribution in [0.4, 0.5) is 0 Å². The van der Waals surface area contributed by atoms with E-state index in [1.54, 1.807) is 12.1 Å². The monoisotopic (exact) mass is 277 g/mol. The summed E-state index contributed by atoms with van der Waals surface area (Å²) in [4.78, 5) is 0. The van der Waals surface area contributed by atoms with E-state index in [9.17, 15) is 0 Å². The van der Waals surface area contributed by atoms with Crippen molar-refractivity contribution in [1.29, 1.82) is 0 Å². The number of aliphatic hydroxyl groups is 1. The fraction of sp³-hybridized carbons (Fsp3) is 0.200. The number of hydrogen-bond donors (Lipinski definition) is 2. The van der Waals surface area contributed by atoms with E-state index in [2.05, 4.69) is 0 Å². The maximum absolute atomic E-state index is 9.03. The molecule has 2 aromatic rings. The van der Waals surface area contributed by atoms with Gasteiger partial charge in [-0.05, 0) is 36.2 Å². The minimum Gasteiger partial charge on any atom is -0.457 e. The molecule has 19 heavy (non-hydrogen) atoms. The molecule has 100 valence electrons. The van der Waals surface area contributed by atoms with Gasteiger partial charge in [-0.15, -0.1) is 0 Å². The SMILES string of the molecule is NC(CO)Cc1ccccc1Oc1cccc(Cl)c1. The smallest absolute Gasteiger partial charge is 0.130 e. The van der Waals surface area contributed by atoms with Crippen LogP contribution in [0.1, 0.15) is 5.56 Å². The molecule has 0 saturated heterocycles. The average Bonchev–Trinajstić information content (AvgIpc) is 2.41. The standard InChI is InChI=1S/C15H16ClNO2/c16-12-5-3-6-14(9-12)19-15-7-2-1-4-11(15)8-13(17)10-18/h1-7,9,13,18H,8,10,17H2. The first-order valence-electron chi connectivity index (χ1n) is 6.07. The van der Waals surface area contributed by atoms with Crippen molar-refractivity contribution in [3.8, 4) is 11.5 Å². The molecule has 1 unspecified atom stereocenters. The van der Waals surface area contributed by atoms with E-state index >= 15 is 0 Å². The van der Waals surface area contributed by atoms with E-state index in [1.165, 1.54) is 0 Å². The first kappa shape index (κ1) is 13.9. The zero-order valence-corrected chi connectivity index (χ0v) is 11.2. The highest BCUT2D eigenvalue weighted by atomic mass is 35.5. The van der Waals surface area contributed by atoms with Crippen molar-refractivity contribution in [2.45, 2.75) is 12.5 Å². The van der Waals surface area contributed by atoms with Crippen molar-refractivity contribution in [2.24, 2.45) is 5.73 Å². The van der Waals surface area contributed by atoms with Crippen molar-refractivity contribution in [3.63, 3.8) is 0 Å². The molecule has 3 N–H and O–H groups in total. The summed E-state index contributed by atoms with van der Waals surface area (Å²) in [5, 5.41) is 9.66. The third-order valence-corrected chi connectivity index (χ3v) is 2.95. The minimum atomic E-state index is -0.288. The van der Waals surface area contributed by atoms with E-state index in [0.29, 0.717) is 17.2 Å². The van der Waals surface area contributed by atoms with Gasteiger partial charge >= 0.3 is 0 Å². The van der Waals surface area contributed by atoms with Crippen molar-refractivity contribution >= 4 is 11.6 Å². The Morgan fingerprint density at radius 3 is 2.68 bits per heavy atom. The molecule has 0 aliphatic rings. The van der Waals surface area contributed by atoms with Crippen molar-refractivity contribution in [2.75, 3.05) is 6.61 Å². The number of rotatable bonds is 5. The van der Waals surface area contributed by atoms with Crippen LogP contribution in [0.3, 0.4) is 0 Å². The van der Waals surface area contributed by atoms with E-state index in [0.717, 1.165) is 11.3 Å². The van der Waals surface area contributed by atoms with Gasteiger partial charge in [0.2, 0.25) is 0 Å². The third-order valence-electron chi connectivity index (χ3n) is 2.71. The molecule has 3 nitrogen and oxygen atoms in total. The second-order valence-electron chi connectivity index (χ2n) is 4.31. The lowest BCUT2D eigenvalue weighted by atomic mass is 10.1. The van der Waals surface area contributed by atoms with Crippen LogP contribution in [0.5, 0.6) is 11.5 Å². The van der Waals surface area contributed by atoms with Crippen LogP contribution in [0, 0.1) is 0 Å². The predicted molar refractivity (Wildman–Crippen MR) is 76.7 cm³/mol. The van der Waals surface area contributed by atoms with E-state index < -0.39 is 0 Å². The largest absolute Gasteiger partial charge is 0.457 e. The summed E-state index contributed by atoms with van der Waals surface area (Å²) >= 11 is 5.92. The van der Waals surface area contributed by atoms with Crippen molar-refractivity contribution in [1.82, 2.24) is 0 Å². The molecule has 2 aromatic carbocycles. The quantitative estimate of drug-likeness (QED) is 0.883. The van der Waals surface area contributed by atoms with Gasteiger partial charge in [0, 0.05) is 11.1 Å². The van der Waals surface area contributed by atoms with Gasteiger partial charge in [-0.3, -0.25) is 0 Å². The first-order chi connectivity index (χ1) is 9.19. The van der Waals surface area contributed by atoms with Crippen LogP contribution >= 0.6 is 11.6 Å². The molecule has 0 aromatic heterocycles. The Bertz CT molecular complexity index is 545. The second-order valence-corrected chi connectivity index (χ2v) is 4.75. The topological polar surface area (TPSA) is 55.5 Å². The summed E-state index contributed by atoms with van der Waals surface area (Å²) in [5.41, 5.74) is 6.73. The van der Waals surface area contributed by atoms with Gasteiger partial charge in [-0.2, -0.15) is 0 Å². The normalized spacial score (nSPS) is 12.2. The third kappa shape index (κ3) is 3.96. The number of para-hydroxylation sites is 1. The Hall–Kier alpha value is -1.55. The number of benzene rings is 2. The number of ether oxygens (including phenoxy) is 1. The maximum atomic E-state index is 9.03. The molecule has 0 spiro atoms. The summed E-state index contributed by atoms with van der Waals surface area (Å²) in [5.74, 6) is 1.41. The van der Waals surface area contributed by atoms with Crippen LogP contribution in [0.2, 0.25) is 5.02 Å². The van der Waals surface area contributed by atoms with Crippen molar-refractivity contribution in [3.05, 3.63) is 59.1 Å². The number of hydrogen-bond acceptors (Lipinski definition) is 3. The molecule has 0 fully saturated rings. The molecule has 1 atom stereocenters. The van der Waals surface area contributed by atoms with Gasteiger partial charge in [0.25, 0.3) is 0 Å². The molecule has 0 radical (unpaired) electrons. The molecular formula is C15H16ClNO2. The molecule has 0 heterocycles. The number of nitrogens with two attached hydrogens (primary N) is 1. The highest BCUT2D eigenvalue weighted by Crippen LogP contribution is 2.27. The van der Waals surface area contributed by atoms with E-state index in [4.69, 9.17) is 27.2 Å². The highest BCUT2D eigenvalue weighted by molar-refractivity contribution is 6.30. The molecule has 4 heteroatoms. The molecular weight excluding hydrogens is 262 g/mol. The lowest BCUT2D eigenvalue weighted by Gasteiger charge is -2.13. The highest BCUT2D eigenvalue weighted by Gasteiger charge is 2.08. The minimum absolute atomic E-state index is 0.0501. The van der Waals surface area contributed by atoms with Crippen LogP contribution in [-0.4, -0.2) is 17.8 Å². The van der Waals surface area contributed by atoms with Gasteiger partial charge in [0.1, 0.15) is 11.5 Å². The summed E-state index contributed by atoms with van der Waals surface area (Å²) in [7, 11) is 0. The Morgan fingerprint density at radius 2 is 1.95 bits per heavy atom. The molecule has 0 bridgehead atoms. The zero-order chi connectivity index (χ0) is 13.7. The van der Waals surface area contributed by atoms with Gasteiger partial charge in [0.05, 0.1) is 6.61 Å². The predicted octanol–water partition coefficient (Wildman–Crippen LogP) is 2.99. The van der Waals surface area contributed by atoms with E-state index in [1.807, 2.05) is 36.4 Å². The fourth-order valence-electron chi connectivity index (χ4n) is 1.78. The first-order valence-corrected chi connectivity index (χ1v) is 6.44. The van der Waals surface area contributed by atoms with Gasteiger partial charge in [-0.25, -0.2) is 0 Å². The van der Waals surface area contributed by atoms with Crippen LogP contribution in [0.15, 0.2) is 48.5 Å². The van der Waals surface area contributed by atoms with Crippen LogP contribution < -0.4 is 10.5 Å². The average molecular weight is 278 g/mol. The molecule has 0 aliphatic heterocycles. The van der Waals surface area contributed by atoms with Crippen LogP contribution in [0.25, 0.3) is 0 Å². The lowest BCUT2D eigenvalue weighted by molar-refractivity contribution is 0.264. The Balaban J connectivity index is 2.20. The van der Waals surface area contributed by atoms with Gasteiger partial charge < -0.3 is 15.6 Å². The van der Waals surface area contributed by atoms with Crippen molar-refractivity contribution < 1.29 is 9.84 Å². The lowest BCUT2D eigenvalue weighted by Crippen LogP contribution is -2.26. The van der Waals surface area contributed by atoms with E-state index in [-0.39, 0.29) is 12.6 Å². The molecule has 0 saturated carbocycles. The number of halogens is 1.